The molecule has 0 bridgehead atoms. The molecule has 0 amide bonds. The molecule has 0 saturated carbocycles. The Kier molecular flexibility index (Phi) is 2.90. The van der Waals surface area contributed by atoms with Crippen molar-refractivity contribution in [3.63, 3.8) is 0 Å². The Balaban J connectivity index is 3.46. The predicted molar refractivity (Wildman–Crippen MR) is 26.8 cm³/mol. The normalized spacial score (nSPS) is 18.8. The molecular weight excluding hydrogens is 114 g/mol. The molecule has 0 fully saturated rings. The van der Waals surface area contributed by atoms with E-state index >= 15 is 0 Å². The van der Waals surface area contributed by atoms with Gasteiger partial charge in [0.1, 0.15) is 0 Å². The van der Waals surface area contributed by atoms with E-state index in [1.807, 2.05) is 0 Å². The summed E-state index contributed by atoms with van der Waals surface area (Å²) in [5.41, 5.74) is 0. The first kappa shape index (κ1) is 7.82. The van der Waals surface area contributed by atoms with Crippen LogP contribution in [0.25, 0.3) is 0 Å². The zero-order valence-corrected chi connectivity index (χ0v) is 4.94. The van der Waals surface area contributed by atoms with Crippen LogP contribution in [0.5, 0.6) is 0 Å². The largest absolute Gasteiger partial charge is 0.393 e. The average Bonchev–Trinajstić information content (AvgIpc) is 1.64. The molecule has 0 spiro atoms. The average molecular weight is 124 g/mol. The fourth-order valence-electron chi connectivity index (χ4n) is 0.211. The van der Waals surface area contributed by atoms with Crippen LogP contribution in [0.2, 0.25) is 0 Å². The molecule has 0 aliphatic rings. The van der Waals surface area contributed by atoms with Crippen molar-refractivity contribution in [3.05, 3.63) is 0 Å². The van der Waals surface area contributed by atoms with Gasteiger partial charge in [0.05, 0.1) is 6.10 Å². The van der Waals surface area contributed by atoms with E-state index in [-0.39, 0.29) is 0 Å². The summed E-state index contributed by atoms with van der Waals surface area (Å²) in [4.78, 5) is 0. The van der Waals surface area contributed by atoms with Gasteiger partial charge in [0.25, 0.3) is 0 Å². The van der Waals surface area contributed by atoms with Crippen LogP contribution in [-0.4, -0.2) is 17.6 Å². The first-order valence-electron chi connectivity index (χ1n) is 2.52. The van der Waals surface area contributed by atoms with E-state index < -0.39 is 18.4 Å². The van der Waals surface area contributed by atoms with E-state index in [9.17, 15) is 8.78 Å². The number of rotatable bonds is 2. The lowest BCUT2D eigenvalue weighted by molar-refractivity contribution is 0.0105. The van der Waals surface area contributed by atoms with E-state index in [1.54, 1.807) is 0 Å². The Hall–Kier alpha value is -0.180. The summed E-state index contributed by atoms with van der Waals surface area (Å²) in [6.45, 7) is 2.67. The highest BCUT2D eigenvalue weighted by molar-refractivity contribution is 4.59. The third-order valence-corrected chi connectivity index (χ3v) is 1.16. The molecular formula is C5H10F2O. The standard InChI is InChI=1S/C5H10F2O/c1-3(4(2)8)5(6)7/h3-5,8H,1-2H3. The van der Waals surface area contributed by atoms with Crippen molar-refractivity contribution < 1.29 is 13.9 Å². The van der Waals surface area contributed by atoms with Crippen molar-refractivity contribution in [2.45, 2.75) is 26.4 Å². The number of aliphatic hydroxyl groups excluding tert-OH is 1. The summed E-state index contributed by atoms with van der Waals surface area (Å²) >= 11 is 0. The highest BCUT2D eigenvalue weighted by atomic mass is 19.3. The molecule has 0 radical (unpaired) electrons. The first-order valence-corrected chi connectivity index (χ1v) is 2.52. The van der Waals surface area contributed by atoms with Gasteiger partial charge in [-0.3, -0.25) is 0 Å². The van der Waals surface area contributed by atoms with Crippen molar-refractivity contribution in [1.29, 1.82) is 0 Å². The summed E-state index contributed by atoms with van der Waals surface area (Å²) in [6, 6.07) is 0. The SMILES string of the molecule is CC(O)C(C)C(F)F. The second-order valence-corrected chi connectivity index (χ2v) is 1.93. The van der Waals surface area contributed by atoms with E-state index in [1.165, 1.54) is 13.8 Å². The van der Waals surface area contributed by atoms with E-state index in [2.05, 4.69) is 0 Å². The summed E-state index contributed by atoms with van der Waals surface area (Å²) in [5, 5.41) is 8.51. The molecule has 0 aliphatic heterocycles. The molecule has 2 atom stereocenters. The van der Waals surface area contributed by atoms with Crippen LogP contribution >= 0.6 is 0 Å². The summed E-state index contributed by atoms with van der Waals surface area (Å²) in [7, 11) is 0. The van der Waals surface area contributed by atoms with Crippen molar-refractivity contribution in [1.82, 2.24) is 0 Å². The lowest BCUT2D eigenvalue weighted by atomic mass is 10.1. The summed E-state index contributed by atoms with van der Waals surface area (Å²) in [6.07, 6.45) is -3.31. The molecule has 0 heterocycles. The Morgan fingerprint density at radius 1 is 1.25 bits per heavy atom. The highest BCUT2D eigenvalue weighted by Crippen LogP contribution is 2.11. The quantitative estimate of drug-likeness (QED) is 0.587. The van der Waals surface area contributed by atoms with E-state index in [0.717, 1.165) is 0 Å². The highest BCUT2D eigenvalue weighted by Gasteiger charge is 2.18. The van der Waals surface area contributed by atoms with E-state index in [0.29, 0.717) is 0 Å². The van der Waals surface area contributed by atoms with Gasteiger partial charge in [-0.25, -0.2) is 8.78 Å². The van der Waals surface area contributed by atoms with Gasteiger partial charge in [0.2, 0.25) is 6.43 Å². The van der Waals surface area contributed by atoms with Gasteiger partial charge in [-0.05, 0) is 6.92 Å². The molecule has 0 aliphatic carbocycles. The van der Waals surface area contributed by atoms with E-state index in [4.69, 9.17) is 5.11 Å². The van der Waals surface area contributed by atoms with Gasteiger partial charge in [-0.1, -0.05) is 6.92 Å². The molecule has 2 unspecified atom stereocenters. The Morgan fingerprint density at radius 3 is 1.62 bits per heavy atom. The number of hydrogen-bond donors (Lipinski definition) is 1. The summed E-state index contributed by atoms with van der Waals surface area (Å²) in [5.74, 6) is -0.907. The van der Waals surface area contributed by atoms with Crippen molar-refractivity contribution in [3.8, 4) is 0 Å². The van der Waals surface area contributed by atoms with Gasteiger partial charge in [-0.2, -0.15) is 0 Å². The van der Waals surface area contributed by atoms with Crippen molar-refractivity contribution in [2.75, 3.05) is 0 Å². The fourth-order valence-corrected chi connectivity index (χ4v) is 0.211. The van der Waals surface area contributed by atoms with Gasteiger partial charge in [-0.15, -0.1) is 0 Å². The third-order valence-electron chi connectivity index (χ3n) is 1.16. The van der Waals surface area contributed by atoms with Crippen LogP contribution in [0.1, 0.15) is 13.8 Å². The van der Waals surface area contributed by atoms with Crippen LogP contribution in [0.4, 0.5) is 8.78 Å². The van der Waals surface area contributed by atoms with Gasteiger partial charge in [0.15, 0.2) is 0 Å². The van der Waals surface area contributed by atoms with Crippen LogP contribution in [0, 0.1) is 5.92 Å². The first-order chi connectivity index (χ1) is 3.55. The molecule has 0 aromatic rings. The minimum absolute atomic E-state index is 0.907. The molecule has 0 aromatic heterocycles. The second kappa shape index (κ2) is 2.97. The Labute approximate surface area is 47.3 Å². The fraction of sp³-hybridized carbons (Fsp3) is 1.00. The molecule has 0 aromatic carbocycles. The Bertz CT molecular complexity index is 55.4. The van der Waals surface area contributed by atoms with Crippen LogP contribution in [-0.2, 0) is 0 Å². The minimum atomic E-state index is -2.41. The second-order valence-electron chi connectivity index (χ2n) is 1.93. The number of aliphatic hydroxyl groups is 1. The molecule has 1 N–H and O–H groups in total. The monoisotopic (exact) mass is 124 g/mol. The maximum Gasteiger partial charge on any atom is 0.243 e. The van der Waals surface area contributed by atoms with Crippen molar-refractivity contribution in [2.24, 2.45) is 5.92 Å². The molecule has 3 heteroatoms. The van der Waals surface area contributed by atoms with Crippen LogP contribution < -0.4 is 0 Å². The molecule has 1 nitrogen and oxygen atoms in total. The van der Waals surface area contributed by atoms with Crippen molar-refractivity contribution >= 4 is 0 Å². The number of alkyl halides is 2. The molecule has 50 valence electrons. The maximum atomic E-state index is 11.5. The minimum Gasteiger partial charge on any atom is -0.393 e. The van der Waals surface area contributed by atoms with Gasteiger partial charge < -0.3 is 5.11 Å². The smallest absolute Gasteiger partial charge is 0.243 e. The topological polar surface area (TPSA) is 20.2 Å². The zero-order valence-electron chi connectivity index (χ0n) is 4.94. The van der Waals surface area contributed by atoms with Crippen LogP contribution in [0.15, 0.2) is 0 Å². The molecule has 0 rings (SSSR count). The summed E-state index contributed by atoms with van der Waals surface area (Å²) < 4.78 is 23.0. The lowest BCUT2D eigenvalue weighted by Gasteiger charge is -2.11. The molecule has 8 heavy (non-hydrogen) atoms. The van der Waals surface area contributed by atoms with Crippen LogP contribution in [0.3, 0.4) is 0 Å². The van der Waals surface area contributed by atoms with Gasteiger partial charge >= 0.3 is 0 Å². The third kappa shape index (κ3) is 2.21. The number of hydrogen-bond acceptors (Lipinski definition) is 1. The Morgan fingerprint density at radius 2 is 1.62 bits per heavy atom. The zero-order chi connectivity index (χ0) is 6.73. The molecule has 0 saturated heterocycles. The maximum absolute atomic E-state index is 11.5. The lowest BCUT2D eigenvalue weighted by Crippen LogP contribution is -2.20. The number of halogens is 2. The predicted octanol–water partition coefficient (Wildman–Crippen LogP) is 1.27. The van der Waals surface area contributed by atoms with Gasteiger partial charge in [0, 0.05) is 5.92 Å².